The molecule has 64 heavy (non-hydrogen) atoms. The number of pyridine rings is 1. The van der Waals surface area contributed by atoms with Gasteiger partial charge in [-0.3, -0.25) is 18.9 Å². The number of rotatable bonds is 11. The van der Waals surface area contributed by atoms with E-state index >= 15 is 8.78 Å². The SMILES string of the molecule is Cn1nc(NS(C)(=O)=O)c2c(Cl)ccc(N3Cc4ccc(-c5ccc(C(F)(F)F)cc5)nc4N=C3[C@H](Cc3cc(F)cc(F)c3)NC(=O)Cn3nc(C(F)F)c4c3C(F)(F)[C@@H]3C[C@H]43)c21. The largest absolute Gasteiger partial charge is 0.416 e. The van der Waals surface area contributed by atoms with Gasteiger partial charge in [-0.2, -0.15) is 32.1 Å². The van der Waals surface area contributed by atoms with Crippen molar-refractivity contribution in [3.8, 4) is 11.3 Å². The van der Waals surface area contributed by atoms with Crippen LogP contribution in [-0.4, -0.2) is 57.0 Å². The van der Waals surface area contributed by atoms with E-state index in [1.807, 2.05) is 0 Å². The smallest absolute Gasteiger partial charge is 0.344 e. The van der Waals surface area contributed by atoms with Gasteiger partial charge < -0.3 is 10.2 Å². The summed E-state index contributed by atoms with van der Waals surface area (Å²) in [6, 6.07) is 11.5. The monoisotopic (exact) mass is 935 g/mol. The summed E-state index contributed by atoms with van der Waals surface area (Å²) in [7, 11) is -2.40. The number of halogens is 10. The van der Waals surface area contributed by atoms with Crippen molar-refractivity contribution < 1.29 is 52.7 Å². The summed E-state index contributed by atoms with van der Waals surface area (Å²) in [5.41, 5.74) is -1.50. The van der Waals surface area contributed by atoms with Gasteiger partial charge in [-0.15, -0.1) is 0 Å². The number of nitrogens with zero attached hydrogens (tertiary/aromatic N) is 7. The Morgan fingerprint density at radius 2 is 1.70 bits per heavy atom. The van der Waals surface area contributed by atoms with Crippen LogP contribution in [0.3, 0.4) is 0 Å². The number of amides is 1. The lowest BCUT2D eigenvalue weighted by Gasteiger charge is -2.35. The van der Waals surface area contributed by atoms with E-state index < -0.39 is 93.9 Å². The van der Waals surface area contributed by atoms with Crippen LogP contribution in [0.4, 0.5) is 56.8 Å². The van der Waals surface area contributed by atoms with Gasteiger partial charge in [0.15, 0.2) is 11.6 Å². The second-order valence-electron chi connectivity index (χ2n) is 15.7. The Labute approximate surface area is 361 Å². The van der Waals surface area contributed by atoms with Crippen LogP contribution in [0.2, 0.25) is 5.02 Å². The summed E-state index contributed by atoms with van der Waals surface area (Å²) in [5.74, 6) is -8.85. The Morgan fingerprint density at radius 3 is 2.36 bits per heavy atom. The van der Waals surface area contributed by atoms with E-state index in [0.717, 1.165) is 30.5 Å². The standard InChI is InChI=1S/C41H31ClF9N9O3S/c1-58-34-29(10-8-26(42)32(34)38(56-58)57-64(2,62)63)59-16-20-5-9-27(19-3-6-21(7-4-19)41(49,50)51)53-37(20)54-39(59)28(13-18-11-22(43)14-23(44)12-18)52-30(61)17-60-35-31(33(55-60)36(45)46)24-15-25(24)40(35,47)48/h3-12,14,24-25,28,36H,13,15-17H2,1-2H3,(H,52,61)(H,56,57)/t24-,25+,28-/m0/s1. The molecule has 12 nitrogen and oxygen atoms in total. The maximum absolute atomic E-state index is 15.5. The molecule has 1 aliphatic heterocycles. The molecule has 23 heteroatoms. The molecule has 0 radical (unpaired) electrons. The molecule has 3 aromatic carbocycles. The highest BCUT2D eigenvalue weighted by molar-refractivity contribution is 7.92. The first kappa shape index (κ1) is 43.1. The molecule has 0 unspecified atom stereocenters. The van der Waals surface area contributed by atoms with Gasteiger partial charge >= 0.3 is 6.18 Å². The number of hydrogen-bond acceptors (Lipinski definition) is 8. The Kier molecular flexibility index (Phi) is 10.3. The summed E-state index contributed by atoms with van der Waals surface area (Å²) in [5, 5.41) is 11.0. The maximum atomic E-state index is 15.5. The minimum absolute atomic E-state index is 0.00769. The molecule has 0 spiro atoms. The topological polar surface area (TPSA) is 139 Å². The fraction of sp³-hybridized carbons (Fsp3) is 0.293. The summed E-state index contributed by atoms with van der Waals surface area (Å²) in [6.07, 6.45) is -7.36. The first-order valence-corrected chi connectivity index (χ1v) is 21.5. The van der Waals surface area contributed by atoms with Crippen LogP contribution in [0.15, 0.2) is 71.7 Å². The summed E-state index contributed by atoms with van der Waals surface area (Å²) >= 11 is 6.64. The summed E-state index contributed by atoms with van der Waals surface area (Å²) < 4.78 is 158. The molecule has 0 bridgehead atoms. The van der Waals surface area contributed by atoms with Crippen LogP contribution >= 0.6 is 11.6 Å². The number of aryl methyl sites for hydroxylation is 1. The number of fused-ring (bicyclic) bond motifs is 5. The van der Waals surface area contributed by atoms with Gasteiger partial charge in [0, 0.05) is 42.1 Å². The second kappa shape index (κ2) is 15.2. The van der Waals surface area contributed by atoms with E-state index in [4.69, 9.17) is 16.6 Å². The molecule has 4 heterocycles. The van der Waals surface area contributed by atoms with Gasteiger partial charge in [0.25, 0.3) is 12.3 Å². The van der Waals surface area contributed by atoms with Crippen molar-refractivity contribution in [1.29, 1.82) is 0 Å². The fourth-order valence-electron chi connectivity index (χ4n) is 8.53. The number of carbonyl (C=O) groups excluding carboxylic acids is 1. The molecule has 1 fully saturated rings. The molecular formula is C41H31ClF9N9O3S. The lowest BCUT2D eigenvalue weighted by molar-refractivity contribution is -0.137. The number of benzene rings is 3. The maximum Gasteiger partial charge on any atom is 0.416 e. The van der Waals surface area contributed by atoms with Crippen molar-refractivity contribution in [2.45, 2.75) is 56.4 Å². The third-order valence-corrected chi connectivity index (χ3v) is 12.1. The molecule has 3 atom stereocenters. The van der Waals surface area contributed by atoms with E-state index in [1.165, 1.54) is 36.0 Å². The normalized spacial score (nSPS) is 18.1. The summed E-state index contributed by atoms with van der Waals surface area (Å²) in [4.78, 5) is 25.1. The molecular weight excluding hydrogens is 905 g/mol. The van der Waals surface area contributed by atoms with Gasteiger partial charge in [-0.25, -0.2) is 36.0 Å². The van der Waals surface area contributed by atoms with Crippen LogP contribution in [0.5, 0.6) is 0 Å². The highest BCUT2D eigenvalue weighted by Crippen LogP contribution is 2.68. The zero-order valence-electron chi connectivity index (χ0n) is 33.0. The van der Waals surface area contributed by atoms with Crippen LogP contribution < -0.4 is 14.9 Å². The number of aliphatic imine (C=N–C) groups is 1. The van der Waals surface area contributed by atoms with Crippen LogP contribution in [0, 0.1) is 17.6 Å². The molecule has 334 valence electrons. The number of aromatic nitrogens is 5. The van der Waals surface area contributed by atoms with Crippen molar-refractivity contribution in [3.63, 3.8) is 0 Å². The fourth-order valence-corrected chi connectivity index (χ4v) is 9.27. The first-order chi connectivity index (χ1) is 30.1. The Morgan fingerprint density at radius 1 is 1.00 bits per heavy atom. The molecule has 9 rings (SSSR count). The molecule has 3 aromatic heterocycles. The van der Waals surface area contributed by atoms with E-state index in [1.54, 1.807) is 17.0 Å². The van der Waals surface area contributed by atoms with Crippen molar-refractivity contribution >= 4 is 61.6 Å². The van der Waals surface area contributed by atoms with Gasteiger partial charge in [0.1, 0.15) is 35.4 Å². The molecule has 3 aliphatic rings. The molecule has 2 N–H and O–H groups in total. The Balaban J connectivity index is 1.19. The van der Waals surface area contributed by atoms with E-state index in [-0.39, 0.29) is 74.4 Å². The van der Waals surface area contributed by atoms with E-state index in [2.05, 4.69) is 25.2 Å². The van der Waals surface area contributed by atoms with Crippen molar-refractivity contribution in [2.75, 3.05) is 15.9 Å². The first-order valence-electron chi connectivity index (χ1n) is 19.3. The van der Waals surface area contributed by atoms with Crippen molar-refractivity contribution in [3.05, 3.63) is 117 Å². The molecule has 6 aromatic rings. The average Bonchev–Trinajstić information content (AvgIpc) is 3.75. The van der Waals surface area contributed by atoms with Crippen LogP contribution in [-0.2, 0) is 53.5 Å². The molecule has 1 saturated carbocycles. The third kappa shape index (κ3) is 7.79. The number of anilines is 2. The lowest BCUT2D eigenvalue weighted by Crippen LogP contribution is -2.51. The van der Waals surface area contributed by atoms with Gasteiger partial charge in [0.05, 0.1) is 51.7 Å². The highest BCUT2D eigenvalue weighted by Gasteiger charge is 2.67. The predicted molar refractivity (Wildman–Crippen MR) is 216 cm³/mol. The number of hydrogen-bond donors (Lipinski definition) is 2. The van der Waals surface area contributed by atoms with Crippen LogP contribution in [0.1, 0.15) is 52.4 Å². The molecule has 2 aliphatic carbocycles. The minimum atomic E-state index is -4.61. The van der Waals surface area contributed by atoms with Crippen LogP contribution in [0.25, 0.3) is 22.2 Å². The quantitative estimate of drug-likeness (QED) is 0.124. The third-order valence-electron chi connectivity index (χ3n) is 11.2. The van der Waals surface area contributed by atoms with E-state index in [9.17, 15) is 43.9 Å². The molecule has 0 saturated heterocycles. The summed E-state index contributed by atoms with van der Waals surface area (Å²) in [6.45, 7) is -1.11. The average molecular weight is 936 g/mol. The molecule has 1 amide bonds. The minimum Gasteiger partial charge on any atom is -0.344 e. The zero-order valence-corrected chi connectivity index (χ0v) is 34.6. The van der Waals surface area contributed by atoms with E-state index in [0.29, 0.717) is 16.3 Å². The van der Waals surface area contributed by atoms with Crippen molar-refractivity contribution in [1.82, 2.24) is 29.9 Å². The van der Waals surface area contributed by atoms with Crippen molar-refractivity contribution in [2.24, 2.45) is 18.0 Å². The zero-order chi connectivity index (χ0) is 45.8. The van der Waals surface area contributed by atoms with Gasteiger partial charge in [0.2, 0.25) is 15.9 Å². The highest BCUT2D eigenvalue weighted by atomic mass is 35.5. The Hall–Kier alpha value is -6.16. The van der Waals surface area contributed by atoms with Gasteiger partial charge in [-0.1, -0.05) is 29.8 Å². The lowest BCUT2D eigenvalue weighted by atomic mass is 10.0. The number of carbonyl (C=O) groups is 1. The number of nitrogens with one attached hydrogen (secondary N) is 2. The van der Waals surface area contributed by atoms with Gasteiger partial charge in [-0.05, 0) is 60.4 Å². The predicted octanol–water partition coefficient (Wildman–Crippen LogP) is 8.78. The number of sulfonamides is 1. The number of alkyl halides is 7. The second-order valence-corrected chi connectivity index (χ2v) is 17.9. The number of amidine groups is 1. The Bertz CT molecular complexity index is 3030.